The van der Waals surface area contributed by atoms with Gasteiger partial charge in [0.2, 0.25) is 0 Å². The van der Waals surface area contributed by atoms with E-state index in [1.165, 1.54) is 10.8 Å². The second-order valence-electron chi connectivity index (χ2n) is 13.5. The number of hydrogen-bond acceptors (Lipinski definition) is 5. The van der Waals surface area contributed by atoms with E-state index in [9.17, 15) is 0 Å². The van der Waals surface area contributed by atoms with Gasteiger partial charge < -0.3 is 8.83 Å². The Morgan fingerprint density at radius 2 is 0.778 bits per heavy atom. The highest BCUT2D eigenvalue weighted by atomic mass is 16.3. The van der Waals surface area contributed by atoms with Gasteiger partial charge >= 0.3 is 0 Å². The molecule has 0 aliphatic carbocycles. The van der Waals surface area contributed by atoms with Crippen molar-refractivity contribution in [3.63, 3.8) is 0 Å². The summed E-state index contributed by atoms with van der Waals surface area (Å²) in [6.45, 7) is 0. The molecule has 0 saturated carbocycles. The maximum Gasteiger partial charge on any atom is 0.164 e. The van der Waals surface area contributed by atoms with E-state index in [1.807, 2.05) is 48.5 Å². The summed E-state index contributed by atoms with van der Waals surface area (Å²) < 4.78 is 13.4. The molecule has 252 valence electrons. The Labute approximate surface area is 309 Å². The van der Waals surface area contributed by atoms with E-state index in [4.69, 9.17) is 23.8 Å². The third-order valence-electron chi connectivity index (χ3n) is 10.4. The summed E-state index contributed by atoms with van der Waals surface area (Å²) >= 11 is 0. The van der Waals surface area contributed by atoms with Crippen LogP contribution in [-0.2, 0) is 0 Å². The van der Waals surface area contributed by atoms with Crippen LogP contribution in [0.1, 0.15) is 0 Å². The van der Waals surface area contributed by atoms with Crippen molar-refractivity contribution in [3.05, 3.63) is 176 Å². The van der Waals surface area contributed by atoms with Crippen LogP contribution in [-0.4, -0.2) is 15.0 Å². The van der Waals surface area contributed by atoms with E-state index in [-0.39, 0.29) is 0 Å². The minimum Gasteiger partial charge on any atom is -0.455 e. The van der Waals surface area contributed by atoms with E-state index in [2.05, 4.69) is 127 Å². The monoisotopic (exact) mass is 691 g/mol. The van der Waals surface area contributed by atoms with E-state index >= 15 is 0 Å². The van der Waals surface area contributed by atoms with Gasteiger partial charge in [-0.1, -0.05) is 164 Å². The molecule has 11 rings (SSSR count). The minimum atomic E-state index is 0.580. The maximum absolute atomic E-state index is 6.77. The molecular formula is C49H29N3O2. The SMILES string of the molecule is c1ccc(-c2ccc(-c3nc(-c4ccccc4)nc(-c4cccc5oc6c(-c7cccc8c7oc7ccc9ccccc9c78)cccc6c45)n3)cc2)cc1. The van der Waals surface area contributed by atoms with E-state index in [0.717, 1.165) is 82.8 Å². The molecule has 0 aliphatic rings. The summed E-state index contributed by atoms with van der Waals surface area (Å²) in [6.07, 6.45) is 0. The van der Waals surface area contributed by atoms with Gasteiger partial charge in [-0.15, -0.1) is 0 Å². The van der Waals surface area contributed by atoms with Gasteiger partial charge in [0.05, 0.1) is 0 Å². The molecule has 0 fully saturated rings. The predicted molar refractivity (Wildman–Crippen MR) is 219 cm³/mol. The number of furan rings is 2. The molecular weight excluding hydrogens is 663 g/mol. The van der Waals surface area contributed by atoms with Crippen molar-refractivity contribution < 1.29 is 8.83 Å². The molecule has 0 spiro atoms. The Bertz CT molecular complexity index is 3200. The third kappa shape index (κ3) is 4.83. The molecule has 8 aromatic carbocycles. The van der Waals surface area contributed by atoms with Gasteiger partial charge in [0, 0.05) is 49.4 Å². The molecule has 0 saturated heterocycles. The first-order valence-corrected chi connectivity index (χ1v) is 18.0. The first-order valence-electron chi connectivity index (χ1n) is 18.0. The van der Waals surface area contributed by atoms with Crippen LogP contribution in [0.15, 0.2) is 185 Å². The Balaban J connectivity index is 1.10. The van der Waals surface area contributed by atoms with Crippen molar-refractivity contribution >= 4 is 54.6 Å². The second kappa shape index (κ2) is 12.1. The van der Waals surface area contributed by atoms with Crippen molar-refractivity contribution in [2.75, 3.05) is 0 Å². The first-order chi connectivity index (χ1) is 26.8. The topological polar surface area (TPSA) is 65.0 Å². The lowest BCUT2D eigenvalue weighted by molar-refractivity contribution is 0.665. The highest BCUT2D eigenvalue weighted by molar-refractivity contribution is 6.22. The quantitative estimate of drug-likeness (QED) is 0.180. The summed E-state index contributed by atoms with van der Waals surface area (Å²) in [4.78, 5) is 15.2. The van der Waals surface area contributed by atoms with Crippen molar-refractivity contribution in [1.29, 1.82) is 0 Å². The van der Waals surface area contributed by atoms with E-state index < -0.39 is 0 Å². The number of fused-ring (bicyclic) bond motifs is 8. The fraction of sp³-hybridized carbons (Fsp3) is 0. The maximum atomic E-state index is 6.77. The summed E-state index contributed by atoms with van der Waals surface area (Å²) in [5.41, 5.74) is 10.2. The van der Waals surface area contributed by atoms with E-state index in [1.54, 1.807) is 0 Å². The molecule has 0 unspecified atom stereocenters. The normalized spacial score (nSPS) is 11.7. The lowest BCUT2D eigenvalue weighted by Crippen LogP contribution is -2.00. The summed E-state index contributed by atoms with van der Waals surface area (Å²) in [7, 11) is 0. The molecule has 3 heterocycles. The summed E-state index contributed by atoms with van der Waals surface area (Å²) in [5, 5.41) is 6.50. The van der Waals surface area contributed by atoms with Gasteiger partial charge in [-0.2, -0.15) is 0 Å². The molecule has 54 heavy (non-hydrogen) atoms. The molecule has 11 aromatic rings. The van der Waals surface area contributed by atoms with Crippen LogP contribution in [0.25, 0.3) is 111 Å². The van der Waals surface area contributed by atoms with Crippen molar-refractivity contribution in [3.8, 4) is 56.4 Å². The predicted octanol–water partition coefficient (Wildman–Crippen LogP) is 13.2. The molecule has 5 heteroatoms. The zero-order chi connectivity index (χ0) is 35.6. The van der Waals surface area contributed by atoms with Crippen LogP contribution < -0.4 is 0 Å². The van der Waals surface area contributed by atoms with E-state index in [0.29, 0.717) is 17.5 Å². The van der Waals surface area contributed by atoms with Gasteiger partial charge in [-0.05, 0) is 34.0 Å². The van der Waals surface area contributed by atoms with Crippen molar-refractivity contribution in [2.45, 2.75) is 0 Å². The van der Waals surface area contributed by atoms with Gasteiger partial charge in [-0.25, -0.2) is 15.0 Å². The molecule has 0 aliphatic heterocycles. The average Bonchev–Trinajstić information content (AvgIpc) is 3.83. The standard InChI is InChI=1S/C49H29N3O2/c1-3-12-30(13-4-1)31-24-26-34(27-25-31)48-50-47(33-15-5-2-6-16-33)51-49(52-48)40-22-11-23-41-44(40)39-21-10-19-37(46(39)53-41)36-18-9-20-38-43-35-17-8-7-14-32(35)28-29-42(43)54-45(36)38/h1-29H. The number of hydrogen-bond donors (Lipinski definition) is 0. The zero-order valence-electron chi connectivity index (χ0n) is 28.9. The molecule has 0 N–H and O–H groups in total. The van der Waals surface area contributed by atoms with Gasteiger partial charge in [0.15, 0.2) is 17.5 Å². The van der Waals surface area contributed by atoms with Gasteiger partial charge in [-0.3, -0.25) is 0 Å². The Hall–Kier alpha value is -7.37. The van der Waals surface area contributed by atoms with Crippen LogP contribution in [0.4, 0.5) is 0 Å². The van der Waals surface area contributed by atoms with Crippen LogP contribution in [0.5, 0.6) is 0 Å². The number of rotatable bonds is 5. The molecule has 0 atom stereocenters. The van der Waals surface area contributed by atoms with Crippen LogP contribution in [0.2, 0.25) is 0 Å². The Kier molecular flexibility index (Phi) is 6.79. The van der Waals surface area contributed by atoms with Gasteiger partial charge in [0.1, 0.15) is 22.3 Å². The van der Waals surface area contributed by atoms with Crippen molar-refractivity contribution in [1.82, 2.24) is 15.0 Å². The molecule has 0 bridgehead atoms. The lowest BCUT2D eigenvalue weighted by Gasteiger charge is -2.10. The fourth-order valence-corrected chi connectivity index (χ4v) is 7.81. The van der Waals surface area contributed by atoms with Crippen LogP contribution in [0, 0.1) is 0 Å². The van der Waals surface area contributed by atoms with Crippen LogP contribution in [0.3, 0.4) is 0 Å². The highest BCUT2D eigenvalue weighted by Gasteiger charge is 2.22. The Morgan fingerprint density at radius 1 is 0.296 bits per heavy atom. The second-order valence-corrected chi connectivity index (χ2v) is 13.5. The number of benzene rings is 8. The Morgan fingerprint density at radius 3 is 1.48 bits per heavy atom. The zero-order valence-corrected chi connectivity index (χ0v) is 28.9. The van der Waals surface area contributed by atoms with Crippen LogP contribution >= 0.6 is 0 Å². The molecule has 3 aromatic heterocycles. The lowest BCUT2D eigenvalue weighted by atomic mass is 9.98. The van der Waals surface area contributed by atoms with Crippen molar-refractivity contribution in [2.24, 2.45) is 0 Å². The van der Waals surface area contributed by atoms with Gasteiger partial charge in [0.25, 0.3) is 0 Å². The minimum absolute atomic E-state index is 0.580. The number of nitrogens with zero attached hydrogens (tertiary/aromatic N) is 3. The number of para-hydroxylation sites is 2. The molecule has 5 nitrogen and oxygen atoms in total. The summed E-state index contributed by atoms with van der Waals surface area (Å²) in [5.74, 6) is 1.79. The molecule has 0 amide bonds. The average molecular weight is 692 g/mol. The fourth-order valence-electron chi connectivity index (χ4n) is 7.81. The summed E-state index contributed by atoms with van der Waals surface area (Å²) in [6, 6.07) is 60.2. The molecule has 0 radical (unpaired) electrons. The largest absolute Gasteiger partial charge is 0.455 e. The first kappa shape index (κ1) is 30.3. The highest BCUT2D eigenvalue weighted by Crippen LogP contribution is 2.44. The number of aromatic nitrogens is 3. The smallest absolute Gasteiger partial charge is 0.164 e. The third-order valence-corrected chi connectivity index (χ3v) is 10.4.